The first-order valence-corrected chi connectivity index (χ1v) is 11.2. The van der Waals surface area contributed by atoms with Crippen LogP contribution in [-0.2, 0) is 19.1 Å². The van der Waals surface area contributed by atoms with Crippen LogP contribution in [0.25, 0.3) is 0 Å². The maximum Gasteiger partial charge on any atom is 0.340 e. The van der Waals surface area contributed by atoms with Gasteiger partial charge in [-0.25, -0.2) is 4.79 Å². The SMILES string of the molecule is COC(=O)C1CCN(C(=O)COC(=O)c2ccccc2Nc2ccc(SC(F)F)cc2)CC1. The van der Waals surface area contributed by atoms with E-state index in [0.29, 0.717) is 54.0 Å². The Kier molecular flexibility index (Phi) is 8.65. The van der Waals surface area contributed by atoms with Crippen molar-refractivity contribution in [3.05, 3.63) is 54.1 Å². The van der Waals surface area contributed by atoms with E-state index in [1.54, 1.807) is 53.4 Å². The van der Waals surface area contributed by atoms with Gasteiger partial charge in [-0.15, -0.1) is 0 Å². The lowest BCUT2D eigenvalue weighted by Gasteiger charge is -2.30. The zero-order chi connectivity index (χ0) is 23.8. The number of likely N-dealkylation sites (tertiary alicyclic amines) is 1. The number of hydrogen-bond donors (Lipinski definition) is 1. The number of nitrogens with one attached hydrogen (secondary N) is 1. The topological polar surface area (TPSA) is 84.9 Å². The number of para-hydroxylation sites is 1. The van der Waals surface area contributed by atoms with Crippen LogP contribution in [0.4, 0.5) is 20.2 Å². The average Bonchev–Trinajstić information content (AvgIpc) is 2.83. The molecule has 176 valence electrons. The van der Waals surface area contributed by atoms with Crippen LogP contribution in [0, 0.1) is 5.92 Å². The molecular weight excluding hydrogens is 454 g/mol. The Morgan fingerprint density at radius 1 is 1.09 bits per heavy atom. The molecule has 0 spiro atoms. The van der Waals surface area contributed by atoms with Gasteiger partial charge in [-0.05, 0) is 49.2 Å². The van der Waals surface area contributed by atoms with Crippen LogP contribution < -0.4 is 5.32 Å². The molecule has 0 saturated carbocycles. The van der Waals surface area contributed by atoms with Crippen molar-refractivity contribution in [1.29, 1.82) is 0 Å². The molecule has 0 radical (unpaired) electrons. The van der Waals surface area contributed by atoms with Gasteiger partial charge in [-0.2, -0.15) is 8.78 Å². The number of carbonyl (C=O) groups excluding carboxylic acids is 3. The van der Waals surface area contributed by atoms with E-state index >= 15 is 0 Å². The van der Waals surface area contributed by atoms with Crippen LogP contribution in [0.2, 0.25) is 0 Å². The predicted octanol–water partition coefficient (Wildman–Crippen LogP) is 4.31. The molecule has 2 aromatic carbocycles. The summed E-state index contributed by atoms with van der Waals surface area (Å²) in [7, 11) is 1.34. The molecule has 1 aliphatic heterocycles. The Balaban J connectivity index is 1.55. The van der Waals surface area contributed by atoms with E-state index in [1.807, 2.05) is 0 Å². The normalized spacial score (nSPS) is 14.1. The fourth-order valence-electron chi connectivity index (χ4n) is 3.47. The zero-order valence-electron chi connectivity index (χ0n) is 18.0. The molecule has 7 nitrogen and oxygen atoms in total. The lowest BCUT2D eigenvalue weighted by atomic mass is 9.97. The van der Waals surface area contributed by atoms with Crippen molar-refractivity contribution in [3.63, 3.8) is 0 Å². The van der Waals surface area contributed by atoms with Crippen LogP contribution in [-0.4, -0.2) is 55.3 Å². The number of alkyl halides is 2. The van der Waals surface area contributed by atoms with E-state index in [-0.39, 0.29) is 23.4 Å². The van der Waals surface area contributed by atoms with E-state index in [2.05, 4.69) is 5.32 Å². The third-order valence-electron chi connectivity index (χ3n) is 5.21. The van der Waals surface area contributed by atoms with Crippen molar-refractivity contribution >= 4 is 41.0 Å². The molecule has 0 unspecified atom stereocenters. The van der Waals surface area contributed by atoms with Gasteiger partial charge in [0.05, 0.1) is 24.3 Å². The largest absolute Gasteiger partial charge is 0.469 e. The summed E-state index contributed by atoms with van der Waals surface area (Å²) < 4.78 is 34.9. The number of hydrogen-bond acceptors (Lipinski definition) is 7. The number of methoxy groups -OCH3 is 1. The quantitative estimate of drug-likeness (QED) is 0.447. The number of thioether (sulfide) groups is 1. The van der Waals surface area contributed by atoms with Crippen molar-refractivity contribution in [2.24, 2.45) is 5.92 Å². The number of anilines is 2. The second-order valence-electron chi connectivity index (χ2n) is 7.33. The van der Waals surface area contributed by atoms with Crippen molar-refractivity contribution < 1.29 is 32.6 Å². The molecular formula is C23H24F2N2O5S. The van der Waals surface area contributed by atoms with Crippen molar-refractivity contribution in [2.75, 3.05) is 32.1 Å². The Morgan fingerprint density at radius 3 is 2.39 bits per heavy atom. The summed E-state index contributed by atoms with van der Waals surface area (Å²) in [6.45, 7) is 0.387. The first-order valence-electron chi connectivity index (χ1n) is 10.3. The average molecular weight is 479 g/mol. The molecule has 1 saturated heterocycles. The van der Waals surface area contributed by atoms with Gasteiger partial charge in [0.25, 0.3) is 11.7 Å². The summed E-state index contributed by atoms with van der Waals surface area (Å²) in [6, 6.07) is 13.0. The van der Waals surface area contributed by atoms with Gasteiger partial charge >= 0.3 is 11.9 Å². The van der Waals surface area contributed by atoms with Gasteiger partial charge in [0, 0.05) is 23.7 Å². The van der Waals surface area contributed by atoms with E-state index in [4.69, 9.17) is 9.47 Å². The number of halogens is 2. The first kappa shape index (κ1) is 24.5. The summed E-state index contributed by atoms with van der Waals surface area (Å²) in [5, 5.41) is 3.07. The highest BCUT2D eigenvalue weighted by Gasteiger charge is 2.28. The minimum absolute atomic E-state index is 0.220. The minimum Gasteiger partial charge on any atom is -0.469 e. The second kappa shape index (κ2) is 11.6. The molecule has 1 amide bonds. The van der Waals surface area contributed by atoms with E-state index in [0.717, 1.165) is 0 Å². The van der Waals surface area contributed by atoms with Crippen LogP contribution in [0.15, 0.2) is 53.4 Å². The Morgan fingerprint density at radius 2 is 1.76 bits per heavy atom. The molecule has 33 heavy (non-hydrogen) atoms. The summed E-state index contributed by atoms with van der Waals surface area (Å²) in [5.41, 5.74) is 1.31. The Bertz CT molecular complexity index is 979. The maximum atomic E-state index is 12.6. The number of carbonyl (C=O) groups is 3. The van der Waals surface area contributed by atoms with E-state index < -0.39 is 18.3 Å². The molecule has 10 heteroatoms. The van der Waals surface area contributed by atoms with Crippen molar-refractivity contribution in [3.8, 4) is 0 Å². The first-order chi connectivity index (χ1) is 15.9. The molecule has 1 fully saturated rings. The molecule has 0 aliphatic carbocycles. The molecule has 2 aromatic rings. The van der Waals surface area contributed by atoms with E-state index in [9.17, 15) is 23.2 Å². The number of benzene rings is 2. The fourth-order valence-corrected chi connectivity index (χ4v) is 3.97. The lowest BCUT2D eigenvalue weighted by molar-refractivity contribution is -0.149. The molecule has 1 aliphatic rings. The van der Waals surface area contributed by atoms with Crippen LogP contribution in [0.1, 0.15) is 23.2 Å². The van der Waals surface area contributed by atoms with Crippen molar-refractivity contribution in [1.82, 2.24) is 4.90 Å². The third kappa shape index (κ3) is 6.92. The number of ether oxygens (including phenoxy) is 2. The summed E-state index contributed by atoms with van der Waals surface area (Å²) in [6.07, 6.45) is 1.02. The standard InChI is InChI=1S/C23H24F2N2O5S/c1-31-21(29)15-10-12-27(13-11-15)20(28)14-32-22(30)18-4-2-3-5-19(18)26-16-6-8-17(9-7-16)33-23(24)25/h2-9,15,23,26H,10-14H2,1H3. The Hall–Kier alpha value is -3.14. The monoisotopic (exact) mass is 478 g/mol. The van der Waals surface area contributed by atoms with Gasteiger partial charge in [-0.3, -0.25) is 9.59 Å². The van der Waals surface area contributed by atoms with Crippen LogP contribution >= 0.6 is 11.8 Å². The minimum atomic E-state index is -2.50. The smallest absolute Gasteiger partial charge is 0.340 e. The van der Waals surface area contributed by atoms with Gasteiger partial charge in [0.1, 0.15) is 0 Å². The molecule has 0 aromatic heterocycles. The lowest BCUT2D eigenvalue weighted by Crippen LogP contribution is -2.42. The van der Waals surface area contributed by atoms with Gasteiger partial charge in [-0.1, -0.05) is 23.9 Å². The highest BCUT2D eigenvalue weighted by atomic mass is 32.2. The molecule has 1 heterocycles. The molecule has 0 bridgehead atoms. The predicted molar refractivity (Wildman–Crippen MR) is 120 cm³/mol. The number of nitrogens with zero attached hydrogens (tertiary/aromatic N) is 1. The summed E-state index contributed by atoms with van der Waals surface area (Å²) >= 11 is 0.451. The highest BCUT2D eigenvalue weighted by Crippen LogP contribution is 2.28. The number of piperidine rings is 1. The molecule has 1 N–H and O–H groups in total. The summed E-state index contributed by atoms with van der Waals surface area (Å²) in [5.74, 6) is -3.99. The highest BCUT2D eigenvalue weighted by molar-refractivity contribution is 7.99. The number of rotatable bonds is 8. The second-order valence-corrected chi connectivity index (χ2v) is 8.39. The molecule has 3 rings (SSSR count). The van der Waals surface area contributed by atoms with Gasteiger partial charge in [0.2, 0.25) is 0 Å². The zero-order valence-corrected chi connectivity index (χ0v) is 18.8. The van der Waals surface area contributed by atoms with Crippen molar-refractivity contribution in [2.45, 2.75) is 23.5 Å². The summed E-state index contributed by atoms with van der Waals surface area (Å²) in [4.78, 5) is 38.6. The number of amides is 1. The molecule has 0 atom stereocenters. The van der Waals surface area contributed by atoms with Crippen LogP contribution in [0.5, 0.6) is 0 Å². The third-order valence-corrected chi connectivity index (χ3v) is 5.94. The van der Waals surface area contributed by atoms with E-state index in [1.165, 1.54) is 7.11 Å². The van der Waals surface area contributed by atoms with Gasteiger partial charge < -0.3 is 19.7 Å². The number of esters is 2. The Labute approximate surface area is 194 Å². The maximum absolute atomic E-state index is 12.6. The fraction of sp³-hybridized carbons (Fsp3) is 0.348. The van der Waals surface area contributed by atoms with Crippen LogP contribution in [0.3, 0.4) is 0 Å². The van der Waals surface area contributed by atoms with Gasteiger partial charge in [0.15, 0.2) is 6.61 Å².